The Labute approximate surface area is 110 Å². The number of carboxylic acid groups (broad SMARTS) is 1. The van der Waals surface area contributed by atoms with E-state index >= 15 is 0 Å². The molecule has 2 aromatic rings. The van der Waals surface area contributed by atoms with E-state index in [1.54, 1.807) is 12.4 Å². The van der Waals surface area contributed by atoms with Crippen molar-refractivity contribution in [3.05, 3.63) is 24.4 Å². The van der Waals surface area contributed by atoms with Gasteiger partial charge in [0.25, 0.3) is 0 Å². The molecule has 3 heterocycles. The lowest BCUT2D eigenvalue weighted by molar-refractivity contribution is -0.192. The Hall–Kier alpha value is -2.23. The first kappa shape index (κ1) is 14.2. The second-order valence-corrected chi connectivity index (χ2v) is 4.02. The second-order valence-electron chi connectivity index (χ2n) is 4.02. The highest BCUT2D eigenvalue weighted by Crippen LogP contribution is 2.17. The summed E-state index contributed by atoms with van der Waals surface area (Å²) in [5, 5.41) is 18.5. The normalized spacial score (nSPS) is 15.3. The van der Waals surface area contributed by atoms with E-state index in [2.05, 4.69) is 20.5 Å². The molecule has 3 rings (SSSR count). The predicted octanol–water partition coefficient (Wildman–Crippen LogP) is 0.444. The first-order valence-corrected chi connectivity index (χ1v) is 5.55. The summed E-state index contributed by atoms with van der Waals surface area (Å²) in [5.41, 5.74) is 0.824. The van der Waals surface area contributed by atoms with E-state index in [-0.39, 0.29) is 0 Å². The van der Waals surface area contributed by atoms with E-state index in [0.29, 0.717) is 5.92 Å². The molecule has 1 saturated heterocycles. The minimum Gasteiger partial charge on any atom is -0.475 e. The third-order valence-corrected chi connectivity index (χ3v) is 2.63. The molecule has 2 N–H and O–H groups in total. The molecule has 20 heavy (non-hydrogen) atoms. The van der Waals surface area contributed by atoms with E-state index in [0.717, 1.165) is 24.6 Å². The molecule has 7 nitrogen and oxygen atoms in total. The van der Waals surface area contributed by atoms with Gasteiger partial charge in [0.05, 0.1) is 6.20 Å². The Kier molecular flexibility index (Phi) is 3.84. The van der Waals surface area contributed by atoms with Gasteiger partial charge >= 0.3 is 12.1 Å². The third-order valence-electron chi connectivity index (χ3n) is 2.63. The zero-order chi connectivity index (χ0) is 14.8. The molecule has 0 aliphatic carbocycles. The van der Waals surface area contributed by atoms with E-state index in [9.17, 15) is 13.2 Å². The van der Waals surface area contributed by atoms with Gasteiger partial charge in [0.1, 0.15) is 5.82 Å². The lowest BCUT2D eigenvalue weighted by Crippen LogP contribution is -2.40. The van der Waals surface area contributed by atoms with Gasteiger partial charge in [-0.25, -0.2) is 4.79 Å². The van der Waals surface area contributed by atoms with Crippen molar-refractivity contribution in [2.75, 3.05) is 13.1 Å². The maximum absolute atomic E-state index is 10.6. The van der Waals surface area contributed by atoms with Crippen LogP contribution in [0.4, 0.5) is 13.2 Å². The zero-order valence-electron chi connectivity index (χ0n) is 10.0. The number of hydrogen-bond donors (Lipinski definition) is 2. The highest BCUT2D eigenvalue weighted by molar-refractivity contribution is 5.73. The molecular weight excluding hydrogens is 279 g/mol. The maximum atomic E-state index is 10.6. The van der Waals surface area contributed by atoms with Crippen molar-refractivity contribution in [1.82, 2.24) is 24.9 Å². The smallest absolute Gasteiger partial charge is 0.475 e. The number of rotatable bonds is 1. The summed E-state index contributed by atoms with van der Waals surface area (Å²) in [6.07, 6.45) is 0.303. The number of aromatic nitrogens is 4. The van der Waals surface area contributed by atoms with E-state index < -0.39 is 12.1 Å². The van der Waals surface area contributed by atoms with Crippen LogP contribution in [0.2, 0.25) is 0 Å². The second kappa shape index (κ2) is 5.41. The van der Waals surface area contributed by atoms with Gasteiger partial charge in [-0.3, -0.25) is 9.38 Å². The molecule has 0 unspecified atom stereocenters. The van der Waals surface area contributed by atoms with Crippen LogP contribution in [-0.4, -0.2) is 49.9 Å². The molecule has 108 valence electrons. The predicted molar refractivity (Wildman–Crippen MR) is 60.1 cm³/mol. The molecule has 0 amide bonds. The summed E-state index contributed by atoms with van der Waals surface area (Å²) in [7, 11) is 0. The van der Waals surface area contributed by atoms with Crippen LogP contribution in [0, 0.1) is 0 Å². The largest absolute Gasteiger partial charge is 0.490 e. The number of aliphatic carboxylic acids is 1. The summed E-state index contributed by atoms with van der Waals surface area (Å²) < 4.78 is 33.7. The standard InChI is InChI=1S/C8H9N5.C2HF3O2/c1-2-13-7(5-9-1)11-12-8(13)6-3-10-4-6;3-2(4,5)1(6)7/h1-2,5-6,10H,3-4H2;(H,6,7). The van der Waals surface area contributed by atoms with Gasteiger partial charge in [0.2, 0.25) is 0 Å². The number of nitrogens with zero attached hydrogens (tertiary/aromatic N) is 4. The molecule has 0 spiro atoms. The molecule has 2 aromatic heterocycles. The monoisotopic (exact) mass is 289 g/mol. The molecule has 0 bridgehead atoms. The van der Waals surface area contributed by atoms with Crippen molar-refractivity contribution in [3.8, 4) is 0 Å². The highest BCUT2D eigenvalue weighted by Gasteiger charge is 2.38. The number of alkyl halides is 3. The van der Waals surface area contributed by atoms with Crippen molar-refractivity contribution < 1.29 is 23.1 Å². The van der Waals surface area contributed by atoms with Crippen LogP contribution in [-0.2, 0) is 4.79 Å². The molecule has 0 radical (unpaired) electrons. The molecule has 0 saturated carbocycles. The van der Waals surface area contributed by atoms with E-state index in [1.165, 1.54) is 0 Å². The minimum absolute atomic E-state index is 0.511. The van der Waals surface area contributed by atoms with Crippen LogP contribution in [0.5, 0.6) is 0 Å². The first-order valence-electron chi connectivity index (χ1n) is 5.55. The van der Waals surface area contributed by atoms with Gasteiger partial charge < -0.3 is 10.4 Å². The summed E-state index contributed by atoms with van der Waals surface area (Å²) in [4.78, 5) is 12.9. The van der Waals surface area contributed by atoms with Gasteiger partial charge in [-0.1, -0.05) is 0 Å². The minimum atomic E-state index is -5.08. The summed E-state index contributed by atoms with van der Waals surface area (Å²) >= 11 is 0. The van der Waals surface area contributed by atoms with Crippen molar-refractivity contribution in [3.63, 3.8) is 0 Å². The first-order chi connectivity index (χ1) is 9.39. The van der Waals surface area contributed by atoms with Gasteiger partial charge in [-0.2, -0.15) is 13.2 Å². The quantitative estimate of drug-likeness (QED) is 0.791. The molecule has 1 fully saturated rings. The van der Waals surface area contributed by atoms with Crippen molar-refractivity contribution in [1.29, 1.82) is 0 Å². The SMILES string of the molecule is O=C(O)C(F)(F)F.c1cn2c(C3CNC3)nnc2cn1. The van der Waals surface area contributed by atoms with Crippen LogP contribution >= 0.6 is 0 Å². The van der Waals surface area contributed by atoms with Crippen molar-refractivity contribution in [2.24, 2.45) is 0 Å². The van der Waals surface area contributed by atoms with Gasteiger partial charge in [-0.05, 0) is 0 Å². The highest BCUT2D eigenvalue weighted by atomic mass is 19.4. The molecule has 1 aliphatic rings. The van der Waals surface area contributed by atoms with E-state index in [1.807, 2.05) is 10.6 Å². The fraction of sp³-hybridized carbons (Fsp3) is 0.400. The summed E-state index contributed by atoms with van der Waals surface area (Å²) in [5.74, 6) is -1.21. The number of fused-ring (bicyclic) bond motifs is 1. The average Bonchev–Trinajstić information content (AvgIpc) is 2.71. The Morgan fingerprint density at radius 2 is 2.05 bits per heavy atom. The fourth-order valence-corrected chi connectivity index (χ4v) is 1.52. The number of hydrogen-bond acceptors (Lipinski definition) is 5. The Balaban J connectivity index is 0.000000182. The van der Waals surface area contributed by atoms with Crippen molar-refractivity contribution >= 4 is 11.6 Å². The van der Waals surface area contributed by atoms with Crippen LogP contribution in [0.25, 0.3) is 5.65 Å². The zero-order valence-corrected chi connectivity index (χ0v) is 10.0. The number of carboxylic acids is 1. The average molecular weight is 289 g/mol. The lowest BCUT2D eigenvalue weighted by atomic mass is 10.0. The Morgan fingerprint density at radius 3 is 2.55 bits per heavy atom. The van der Waals surface area contributed by atoms with Crippen LogP contribution < -0.4 is 5.32 Å². The molecule has 10 heteroatoms. The Bertz CT molecular complexity index is 608. The number of halogens is 3. The van der Waals surface area contributed by atoms with Gasteiger partial charge in [0, 0.05) is 31.4 Å². The van der Waals surface area contributed by atoms with Gasteiger partial charge in [-0.15, -0.1) is 10.2 Å². The van der Waals surface area contributed by atoms with Gasteiger partial charge in [0.15, 0.2) is 5.65 Å². The number of carbonyl (C=O) groups is 1. The fourth-order valence-electron chi connectivity index (χ4n) is 1.52. The third kappa shape index (κ3) is 3.02. The maximum Gasteiger partial charge on any atom is 0.490 e. The topological polar surface area (TPSA) is 92.4 Å². The number of nitrogens with one attached hydrogen (secondary N) is 1. The lowest BCUT2D eigenvalue weighted by Gasteiger charge is -2.25. The molecule has 0 aromatic carbocycles. The Morgan fingerprint density at radius 1 is 1.40 bits per heavy atom. The van der Waals surface area contributed by atoms with E-state index in [4.69, 9.17) is 9.90 Å². The molecule has 1 aliphatic heterocycles. The summed E-state index contributed by atoms with van der Waals surface area (Å²) in [6, 6.07) is 0. The van der Waals surface area contributed by atoms with Crippen molar-refractivity contribution in [2.45, 2.75) is 12.1 Å². The van der Waals surface area contributed by atoms with Crippen LogP contribution in [0.1, 0.15) is 11.7 Å². The molecular formula is C10H10F3N5O2. The van der Waals surface area contributed by atoms with Crippen LogP contribution in [0.15, 0.2) is 18.6 Å². The summed E-state index contributed by atoms with van der Waals surface area (Å²) in [6.45, 7) is 2.01. The molecule has 0 atom stereocenters. The van der Waals surface area contributed by atoms with Crippen LogP contribution in [0.3, 0.4) is 0 Å².